The highest BCUT2D eigenvalue weighted by atomic mass is 79.9. The number of benzene rings is 1. The third-order valence-corrected chi connectivity index (χ3v) is 2.53. The third kappa shape index (κ3) is 1.49. The average Bonchev–Trinajstić information content (AvgIpc) is 2.18. The van der Waals surface area contributed by atoms with Crippen LogP contribution in [0.4, 0.5) is 5.82 Å². The minimum Gasteiger partial charge on any atom is -0.383 e. The van der Waals surface area contributed by atoms with Gasteiger partial charge in [-0.15, -0.1) is 0 Å². The van der Waals surface area contributed by atoms with Crippen LogP contribution >= 0.6 is 15.9 Å². The van der Waals surface area contributed by atoms with E-state index in [-0.39, 0.29) is 0 Å². The molecule has 1 aromatic carbocycles. The maximum Gasteiger partial charge on any atom is 0.134 e. The second-order valence-electron chi connectivity index (χ2n) is 2.74. The Balaban J connectivity index is 2.72. The fraction of sp³-hybridized carbons (Fsp3) is 0.111. The molecule has 0 unspecified atom stereocenters. The molecule has 3 nitrogen and oxygen atoms in total. The molecule has 0 amide bonds. The molecule has 0 atom stereocenters. The molecule has 0 aliphatic heterocycles. The lowest BCUT2D eigenvalue weighted by molar-refractivity contribution is 1.22. The van der Waals surface area contributed by atoms with Crippen molar-refractivity contribution in [3.63, 3.8) is 0 Å². The number of nitrogens with two attached hydrogens (primary N) is 1. The highest BCUT2D eigenvalue weighted by Gasteiger charge is 1.99. The molecule has 0 fully saturated rings. The number of alkyl halides is 1. The second kappa shape index (κ2) is 3.30. The minimum absolute atomic E-state index is 0.533. The van der Waals surface area contributed by atoms with Crippen molar-refractivity contribution >= 4 is 32.7 Å². The van der Waals surface area contributed by atoms with Crippen LogP contribution in [0.25, 0.3) is 10.9 Å². The highest BCUT2D eigenvalue weighted by molar-refractivity contribution is 9.08. The van der Waals surface area contributed by atoms with Gasteiger partial charge in [0.1, 0.15) is 12.1 Å². The van der Waals surface area contributed by atoms with E-state index in [2.05, 4.69) is 25.9 Å². The Morgan fingerprint density at radius 1 is 1.31 bits per heavy atom. The quantitative estimate of drug-likeness (QED) is 0.774. The smallest absolute Gasteiger partial charge is 0.134 e. The van der Waals surface area contributed by atoms with Gasteiger partial charge in [0.2, 0.25) is 0 Å². The zero-order chi connectivity index (χ0) is 9.26. The van der Waals surface area contributed by atoms with Crippen molar-refractivity contribution in [1.82, 2.24) is 9.97 Å². The van der Waals surface area contributed by atoms with Gasteiger partial charge >= 0.3 is 0 Å². The van der Waals surface area contributed by atoms with Gasteiger partial charge in [0.25, 0.3) is 0 Å². The van der Waals surface area contributed by atoms with Crippen LogP contribution in [0.1, 0.15) is 5.56 Å². The molecule has 2 aromatic rings. The molecule has 1 aromatic heterocycles. The van der Waals surface area contributed by atoms with E-state index >= 15 is 0 Å². The van der Waals surface area contributed by atoms with Gasteiger partial charge in [-0.3, -0.25) is 0 Å². The summed E-state index contributed by atoms with van der Waals surface area (Å²) in [6, 6.07) is 5.96. The molecule has 4 heteroatoms. The number of fused-ring (bicyclic) bond motifs is 1. The van der Waals surface area contributed by atoms with Crippen molar-refractivity contribution in [2.75, 3.05) is 5.73 Å². The third-order valence-electron chi connectivity index (χ3n) is 1.89. The van der Waals surface area contributed by atoms with E-state index in [9.17, 15) is 0 Å². The standard InChI is InChI=1S/C9H8BrN3/c10-4-6-1-2-7-8(3-6)12-5-13-9(7)11/h1-3,5H,4H2,(H2,11,12,13). The largest absolute Gasteiger partial charge is 0.383 e. The van der Waals surface area contributed by atoms with Gasteiger partial charge in [-0.25, -0.2) is 9.97 Å². The molecule has 0 aliphatic carbocycles. The molecule has 0 spiro atoms. The van der Waals surface area contributed by atoms with E-state index in [4.69, 9.17) is 5.73 Å². The Morgan fingerprint density at radius 3 is 2.92 bits per heavy atom. The van der Waals surface area contributed by atoms with E-state index in [1.165, 1.54) is 11.9 Å². The van der Waals surface area contributed by atoms with Crippen LogP contribution in [-0.2, 0) is 5.33 Å². The predicted molar refractivity (Wildman–Crippen MR) is 56.6 cm³/mol. The zero-order valence-corrected chi connectivity index (χ0v) is 8.45. The van der Waals surface area contributed by atoms with Crippen molar-refractivity contribution in [3.05, 3.63) is 30.1 Å². The molecular formula is C9H8BrN3. The van der Waals surface area contributed by atoms with Gasteiger partial charge in [0.05, 0.1) is 5.52 Å². The van der Waals surface area contributed by atoms with Crippen molar-refractivity contribution in [2.45, 2.75) is 5.33 Å². The normalized spacial score (nSPS) is 10.5. The van der Waals surface area contributed by atoms with Gasteiger partial charge in [-0.1, -0.05) is 22.0 Å². The van der Waals surface area contributed by atoms with Crippen LogP contribution < -0.4 is 5.73 Å². The van der Waals surface area contributed by atoms with Gasteiger partial charge < -0.3 is 5.73 Å². The fourth-order valence-electron chi connectivity index (χ4n) is 1.21. The summed E-state index contributed by atoms with van der Waals surface area (Å²) in [6.45, 7) is 0. The number of aromatic nitrogens is 2. The van der Waals surface area contributed by atoms with E-state index in [1.807, 2.05) is 18.2 Å². The lowest BCUT2D eigenvalue weighted by Gasteiger charge is -2.01. The van der Waals surface area contributed by atoms with E-state index in [0.717, 1.165) is 16.2 Å². The summed E-state index contributed by atoms with van der Waals surface area (Å²) in [7, 11) is 0. The summed E-state index contributed by atoms with van der Waals surface area (Å²) in [6.07, 6.45) is 1.48. The van der Waals surface area contributed by atoms with Crippen LogP contribution in [0, 0.1) is 0 Å². The highest BCUT2D eigenvalue weighted by Crippen LogP contribution is 2.18. The summed E-state index contributed by atoms with van der Waals surface area (Å²) in [5.74, 6) is 0.533. The number of hydrogen-bond acceptors (Lipinski definition) is 3. The molecule has 0 bridgehead atoms. The summed E-state index contributed by atoms with van der Waals surface area (Å²) >= 11 is 3.39. The summed E-state index contributed by atoms with van der Waals surface area (Å²) in [5.41, 5.74) is 7.76. The maximum atomic E-state index is 5.68. The van der Waals surface area contributed by atoms with E-state index in [0.29, 0.717) is 5.82 Å². The Bertz CT molecular complexity index is 442. The van der Waals surface area contributed by atoms with E-state index in [1.54, 1.807) is 0 Å². The summed E-state index contributed by atoms with van der Waals surface area (Å²) in [4.78, 5) is 8.06. The number of rotatable bonds is 1. The maximum absolute atomic E-state index is 5.68. The van der Waals surface area contributed by atoms with Gasteiger partial charge in [-0.2, -0.15) is 0 Å². The van der Waals surface area contributed by atoms with Crippen molar-refractivity contribution in [3.8, 4) is 0 Å². The number of halogens is 1. The Morgan fingerprint density at radius 2 is 2.15 bits per heavy atom. The molecule has 13 heavy (non-hydrogen) atoms. The SMILES string of the molecule is Nc1ncnc2cc(CBr)ccc12. The Labute approximate surface area is 84.1 Å². The monoisotopic (exact) mass is 237 g/mol. The molecule has 0 aliphatic rings. The first-order chi connectivity index (χ1) is 6.31. The Kier molecular flexibility index (Phi) is 2.14. The molecule has 2 rings (SSSR count). The molecular weight excluding hydrogens is 230 g/mol. The van der Waals surface area contributed by atoms with E-state index < -0.39 is 0 Å². The number of hydrogen-bond donors (Lipinski definition) is 1. The first kappa shape index (κ1) is 8.44. The molecule has 2 N–H and O–H groups in total. The predicted octanol–water partition coefficient (Wildman–Crippen LogP) is 2.11. The number of nitrogens with zero attached hydrogens (tertiary/aromatic N) is 2. The van der Waals surface area contributed by atoms with Crippen LogP contribution in [0.15, 0.2) is 24.5 Å². The Hall–Kier alpha value is -1.16. The van der Waals surface area contributed by atoms with Crippen molar-refractivity contribution < 1.29 is 0 Å². The van der Waals surface area contributed by atoms with Crippen molar-refractivity contribution in [1.29, 1.82) is 0 Å². The van der Waals surface area contributed by atoms with Crippen LogP contribution in [0.3, 0.4) is 0 Å². The molecule has 1 heterocycles. The molecule has 0 radical (unpaired) electrons. The second-order valence-corrected chi connectivity index (χ2v) is 3.30. The summed E-state index contributed by atoms with van der Waals surface area (Å²) < 4.78 is 0. The topological polar surface area (TPSA) is 51.8 Å². The fourth-order valence-corrected chi connectivity index (χ4v) is 1.56. The van der Waals surface area contributed by atoms with Crippen molar-refractivity contribution in [2.24, 2.45) is 0 Å². The zero-order valence-electron chi connectivity index (χ0n) is 6.87. The first-order valence-corrected chi connectivity index (χ1v) is 4.98. The molecule has 66 valence electrons. The molecule has 0 saturated heterocycles. The first-order valence-electron chi connectivity index (χ1n) is 3.86. The van der Waals surface area contributed by atoms with Gasteiger partial charge in [-0.05, 0) is 17.7 Å². The van der Waals surface area contributed by atoms with Gasteiger partial charge in [0.15, 0.2) is 0 Å². The number of anilines is 1. The van der Waals surface area contributed by atoms with Crippen LogP contribution in [-0.4, -0.2) is 9.97 Å². The number of nitrogen functional groups attached to an aromatic ring is 1. The molecule has 0 saturated carbocycles. The summed E-state index contributed by atoms with van der Waals surface area (Å²) in [5, 5.41) is 1.74. The average molecular weight is 238 g/mol. The lowest BCUT2D eigenvalue weighted by atomic mass is 10.2. The lowest BCUT2D eigenvalue weighted by Crippen LogP contribution is -1.93. The minimum atomic E-state index is 0.533. The van der Waals surface area contributed by atoms with Crippen LogP contribution in [0.2, 0.25) is 0 Å². The van der Waals surface area contributed by atoms with Crippen LogP contribution in [0.5, 0.6) is 0 Å². The van der Waals surface area contributed by atoms with Gasteiger partial charge in [0, 0.05) is 10.7 Å².